The third-order valence-electron chi connectivity index (χ3n) is 1.93. The Morgan fingerprint density at radius 3 is 2.94 bits per heavy atom. The van der Waals surface area contributed by atoms with Crippen LogP contribution < -0.4 is 4.68 Å². The van der Waals surface area contributed by atoms with Gasteiger partial charge in [0.1, 0.15) is 12.5 Å². The number of aliphatic carboxylic acids is 1. The molecule has 6 heteroatoms. The molecule has 6 nitrogen and oxygen atoms in total. The molecule has 2 rings (SSSR count). The first kappa shape index (κ1) is 10.3. The predicted molar refractivity (Wildman–Crippen MR) is 52.3 cm³/mol. The van der Waals surface area contributed by atoms with Crippen molar-refractivity contribution in [3.8, 4) is 11.5 Å². The van der Waals surface area contributed by atoms with Crippen molar-refractivity contribution in [3.63, 3.8) is 0 Å². The van der Waals surface area contributed by atoms with Gasteiger partial charge in [-0.25, -0.2) is 9.78 Å². The molecule has 0 fully saturated rings. The molecular weight excluding hydrogens is 210 g/mol. The molecule has 82 valence electrons. The minimum absolute atomic E-state index is 0.162. The summed E-state index contributed by atoms with van der Waals surface area (Å²) in [5, 5.41) is 12.5. The van der Waals surface area contributed by atoms with E-state index in [1.54, 1.807) is 18.5 Å². The lowest BCUT2D eigenvalue weighted by Crippen LogP contribution is -2.40. The van der Waals surface area contributed by atoms with Crippen molar-refractivity contribution < 1.29 is 19.0 Å². The van der Waals surface area contributed by atoms with E-state index in [2.05, 4.69) is 10.1 Å². The fourth-order valence-corrected chi connectivity index (χ4v) is 1.23. The van der Waals surface area contributed by atoms with E-state index in [1.807, 2.05) is 6.92 Å². The number of carbonyl (C=O) groups is 1. The summed E-state index contributed by atoms with van der Waals surface area (Å²) in [6, 6.07) is 1.71. The van der Waals surface area contributed by atoms with E-state index >= 15 is 0 Å². The Hall–Kier alpha value is -2.24. The Morgan fingerprint density at radius 1 is 1.62 bits per heavy atom. The second-order valence-corrected chi connectivity index (χ2v) is 3.30. The van der Waals surface area contributed by atoms with Gasteiger partial charge in [0.15, 0.2) is 6.20 Å². The lowest BCUT2D eigenvalue weighted by Gasteiger charge is -1.92. The van der Waals surface area contributed by atoms with Crippen molar-refractivity contribution >= 4 is 5.97 Å². The Morgan fingerprint density at radius 2 is 2.44 bits per heavy atom. The fraction of sp³-hybridized carbons (Fsp3) is 0.200. The van der Waals surface area contributed by atoms with E-state index in [9.17, 15) is 4.79 Å². The molecule has 0 aliphatic carbocycles. The van der Waals surface area contributed by atoms with E-state index < -0.39 is 5.97 Å². The molecule has 0 aliphatic rings. The van der Waals surface area contributed by atoms with Crippen LogP contribution in [-0.4, -0.2) is 21.2 Å². The molecule has 0 atom stereocenters. The normalized spacial score (nSPS) is 10.3. The minimum Gasteiger partial charge on any atom is -0.476 e. The molecule has 1 N–H and O–H groups in total. The van der Waals surface area contributed by atoms with E-state index in [0.29, 0.717) is 5.89 Å². The summed E-state index contributed by atoms with van der Waals surface area (Å²) < 4.78 is 6.52. The van der Waals surface area contributed by atoms with Crippen molar-refractivity contribution in [3.05, 3.63) is 30.4 Å². The van der Waals surface area contributed by atoms with Gasteiger partial charge >= 0.3 is 5.97 Å². The van der Waals surface area contributed by atoms with Crippen LogP contribution in [0.3, 0.4) is 0 Å². The van der Waals surface area contributed by atoms with Gasteiger partial charge in [-0.15, -0.1) is 0 Å². The second kappa shape index (κ2) is 4.09. The molecular formula is C10H10N3O3+. The Kier molecular flexibility index (Phi) is 2.63. The standard InChI is InChI=1S/C10H9N3O3/c1-7-6-16-10(12-7)8-2-3-13(11-4-8)5-9(14)15/h2-4,6H,5H2,1H3/p+1. The van der Waals surface area contributed by atoms with Gasteiger partial charge in [-0.3, -0.25) is 0 Å². The largest absolute Gasteiger partial charge is 0.476 e. The number of aromatic nitrogens is 3. The number of carboxylic acids is 1. The SMILES string of the molecule is Cc1coc(-c2cc[n+](CC(=O)O)nc2)n1. The number of oxazole rings is 1. The van der Waals surface area contributed by atoms with Crippen LogP contribution in [-0.2, 0) is 11.3 Å². The zero-order valence-corrected chi connectivity index (χ0v) is 8.62. The average Bonchev–Trinajstić information content (AvgIpc) is 2.65. The summed E-state index contributed by atoms with van der Waals surface area (Å²) in [7, 11) is 0. The molecule has 0 bridgehead atoms. The van der Waals surface area contributed by atoms with Gasteiger partial charge in [0, 0.05) is 6.07 Å². The topological polar surface area (TPSA) is 80.1 Å². The summed E-state index contributed by atoms with van der Waals surface area (Å²) in [6.45, 7) is 1.67. The van der Waals surface area contributed by atoms with Gasteiger partial charge in [-0.1, -0.05) is 4.68 Å². The van der Waals surface area contributed by atoms with Gasteiger partial charge in [-0.2, -0.15) is 0 Å². The van der Waals surface area contributed by atoms with Crippen molar-refractivity contribution in [2.75, 3.05) is 0 Å². The molecule has 0 aromatic carbocycles. The van der Waals surface area contributed by atoms with Crippen molar-refractivity contribution in [2.24, 2.45) is 0 Å². The second-order valence-electron chi connectivity index (χ2n) is 3.30. The van der Waals surface area contributed by atoms with Gasteiger partial charge in [0.25, 0.3) is 6.54 Å². The third kappa shape index (κ3) is 2.22. The van der Waals surface area contributed by atoms with Crippen LogP contribution in [0.25, 0.3) is 11.5 Å². The van der Waals surface area contributed by atoms with E-state index in [4.69, 9.17) is 9.52 Å². The fourth-order valence-electron chi connectivity index (χ4n) is 1.23. The van der Waals surface area contributed by atoms with Gasteiger partial charge in [-0.05, 0) is 12.0 Å². The summed E-state index contributed by atoms with van der Waals surface area (Å²) in [5.74, 6) is -0.454. The molecule has 0 saturated heterocycles. The Labute approximate surface area is 91.2 Å². The number of hydrogen-bond acceptors (Lipinski definition) is 4. The number of aryl methyl sites for hydroxylation is 1. The van der Waals surface area contributed by atoms with Gasteiger partial charge in [0.2, 0.25) is 5.89 Å². The molecule has 0 amide bonds. The van der Waals surface area contributed by atoms with Crippen LogP contribution in [0.15, 0.2) is 29.1 Å². The van der Waals surface area contributed by atoms with Crippen LogP contribution in [0.2, 0.25) is 0 Å². The van der Waals surface area contributed by atoms with Gasteiger partial charge in [0.05, 0.1) is 11.3 Å². The summed E-state index contributed by atoms with van der Waals surface area (Å²) in [5.41, 5.74) is 1.51. The quantitative estimate of drug-likeness (QED) is 0.758. The highest BCUT2D eigenvalue weighted by Crippen LogP contribution is 2.15. The number of hydrogen-bond donors (Lipinski definition) is 1. The molecule has 0 saturated carbocycles. The zero-order valence-electron chi connectivity index (χ0n) is 8.62. The maximum absolute atomic E-state index is 10.4. The first-order valence-corrected chi connectivity index (χ1v) is 4.65. The highest BCUT2D eigenvalue weighted by Gasteiger charge is 2.11. The lowest BCUT2D eigenvalue weighted by molar-refractivity contribution is -0.743. The molecule has 2 aromatic heterocycles. The molecule has 0 unspecified atom stereocenters. The van der Waals surface area contributed by atoms with Crippen molar-refractivity contribution in [1.29, 1.82) is 0 Å². The summed E-state index contributed by atoms with van der Waals surface area (Å²) in [6.07, 6.45) is 4.64. The molecule has 0 spiro atoms. The number of rotatable bonds is 3. The van der Waals surface area contributed by atoms with Crippen molar-refractivity contribution in [1.82, 2.24) is 10.1 Å². The lowest BCUT2D eigenvalue weighted by atomic mass is 10.3. The van der Waals surface area contributed by atoms with Crippen LogP contribution in [0.1, 0.15) is 5.69 Å². The Bertz CT molecular complexity index is 504. The first-order valence-electron chi connectivity index (χ1n) is 4.65. The third-order valence-corrected chi connectivity index (χ3v) is 1.93. The maximum Gasteiger partial charge on any atom is 0.372 e. The molecule has 0 aliphatic heterocycles. The molecule has 2 heterocycles. The van der Waals surface area contributed by atoms with Crippen LogP contribution in [0, 0.1) is 6.92 Å². The smallest absolute Gasteiger partial charge is 0.372 e. The molecule has 0 radical (unpaired) electrons. The van der Waals surface area contributed by atoms with E-state index in [-0.39, 0.29) is 6.54 Å². The number of carboxylic acid groups (broad SMARTS) is 1. The summed E-state index contributed by atoms with van der Waals surface area (Å²) in [4.78, 5) is 14.6. The van der Waals surface area contributed by atoms with Crippen LogP contribution in [0.5, 0.6) is 0 Å². The zero-order chi connectivity index (χ0) is 11.5. The average molecular weight is 220 g/mol. The van der Waals surface area contributed by atoms with Crippen molar-refractivity contribution in [2.45, 2.75) is 13.5 Å². The highest BCUT2D eigenvalue weighted by atomic mass is 16.4. The molecule has 2 aromatic rings. The predicted octanol–water partition coefficient (Wildman–Crippen LogP) is 0.417. The number of nitrogens with zero attached hydrogens (tertiary/aromatic N) is 3. The highest BCUT2D eigenvalue weighted by molar-refractivity contribution is 5.64. The monoisotopic (exact) mass is 220 g/mol. The van der Waals surface area contributed by atoms with Crippen LogP contribution >= 0.6 is 0 Å². The van der Waals surface area contributed by atoms with Gasteiger partial charge < -0.3 is 9.52 Å². The summed E-state index contributed by atoms with van der Waals surface area (Å²) >= 11 is 0. The maximum atomic E-state index is 10.4. The van der Waals surface area contributed by atoms with Crippen LogP contribution in [0.4, 0.5) is 0 Å². The van der Waals surface area contributed by atoms with E-state index in [0.717, 1.165) is 11.3 Å². The Balaban J connectivity index is 2.22. The van der Waals surface area contributed by atoms with E-state index in [1.165, 1.54) is 10.9 Å². The minimum atomic E-state index is -0.933. The first-order chi connectivity index (χ1) is 7.65. The molecule has 16 heavy (non-hydrogen) atoms.